The minimum atomic E-state index is -0.587. The summed E-state index contributed by atoms with van der Waals surface area (Å²) in [5.74, 6) is -0.336. The molecule has 1 fully saturated rings. The van der Waals surface area contributed by atoms with Crippen molar-refractivity contribution >= 4 is 0 Å². The molecule has 1 saturated heterocycles. The van der Waals surface area contributed by atoms with E-state index >= 15 is 0 Å². The Morgan fingerprint density at radius 1 is 1.14 bits per heavy atom. The Hall–Kier alpha value is -2.22. The zero-order valence-electron chi connectivity index (χ0n) is 12.2. The van der Waals surface area contributed by atoms with E-state index in [1.54, 1.807) is 18.2 Å². The fourth-order valence-corrected chi connectivity index (χ4v) is 2.82. The number of nitriles is 1. The molecule has 0 unspecified atom stereocenters. The van der Waals surface area contributed by atoms with Crippen LogP contribution in [0.15, 0.2) is 54.6 Å². The number of rotatable bonds is 3. The van der Waals surface area contributed by atoms with Crippen LogP contribution in [0.4, 0.5) is 4.39 Å². The zero-order chi connectivity index (χ0) is 15.4. The molecule has 2 atom stereocenters. The lowest BCUT2D eigenvalue weighted by Gasteiger charge is -2.35. The van der Waals surface area contributed by atoms with E-state index in [1.165, 1.54) is 6.07 Å². The van der Waals surface area contributed by atoms with Crippen LogP contribution < -0.4 is 0 Å². The lowest BCUT2D eigenvalue weighted by atomic mass is 10.0. The van der Waals surface area contributed by atoms with Gasteiger partial charge >= 0.3 is 0 Å². The fourth-order valence-electron chi connectivity index (χ4n) is 2.82. The zero-order valence-corrected chi connectivity index (χ0v) is 12.2. The first-order valence-electron chi connectivity index (χ1n) is 7.34. The predicted octanol–water partition coefficient (Wildman–Crippen LogP) is 3.46. The minimum Gasteiger partial charge on any atom is -0.371 e. The van der Waals surface area contributed by atoms with E-state index in [-0.39, 0.29) is 11.9 Å². The third kappa shape index (κ3) is 3.01. The molecule has 4 heteroatoms. The first kappa shape index (κ1) is 14.7. The van der Waals surface area contributed by atoms with E-state index in [1.807, 2.05) is 35.2 Å². The van der Waals surface area contributed by atoms with Crippen molar-refractivity contribution in [3.63, 3.8) is 0 Å². The first-order valence-corrected chi connectivity index (χ1v) is 7.34. The van der Waals surface area contributed by atoms with Crippen molar-refractivity contribution in [2.75, 3.05) is 19.7 Å². The number of ether oxygens (including phenoxy) is 1. The van der Waals surface area contributed by atoms with Crippen molar-refractivity contribution in [3.8, 4) is 6.07 Å². The molecule has 0 aromatic heterocycles. The molecular formula is C18H17FN2O. The van der Waals surface area contributed by atoms with Crippen molar-refractivity contribution < 1.29 is 9.13 Å². The van der Waals surface area contributed by atoms with Crippen molar-refractivity contribution in [2.45, 2.75) is 12.1 Å². The topological polar surface area (TPSA) is 36.3 Å². The summed E-state index contributed by atoms with van der Waals surface area (Å²) in [7, 11) is 0. The molecule has 2 aromatic rings. The number of halogens is 1. The number of nitrogens with zero attached hydrogens (tertiary/aromatic N) is 2. The second-order valence-electron chi connectivity index (χ2n) is 5.32. The van der Waals surface area contributed by atoms with E-state index in [2.05, 4.69) is 6.07 Å². The molecule has 0 spiro atoms. The maximum absolute atomic E-state index is 14.0. The first-order chi connectivity index (χ1) is 10.8. The number of hydrogen-bond donors (Lipinski definition) is 0. The van der Waals surface area contributed by atoms with E-state index in [9.17, 15) is 9.65 Å². The Morgan fingerprint density at radius 2 is 1.86 bits per heavy atom. The highest BCUT2D eigenvalue weighted by molar-refractivity contribution is 5.26. The highest BCUT2D eigenvalue weighted by Crippen LogP contribution is 2.29. The van der Waals surface area contributed by atoms with Crippen molar-refractivity contribution in [1.29, 1.82) is 5.26 Å². The van der Waals surface area contributed by atoms with E-state index in [0.717, 1.165) is 5.56 Å². The Morgan fingerprint density at radius 3 is 2.59 bits per heavy atom. The largest absolute Gasteiger partial charge is 0.371 e. The second kappa shape index (κ2) is 6.69. The molecule has 1 aliphatic rings. The normalized spacial score (nSPS) is 20.3. The van der Waals surface area contributed by atoms with Gasteiger partial charge in [0, 0.05) is 18.7 Å². The quantitative estimate of drug-likeness (QED) is 0.870. The summed E-state index contributed by atoms with van der Waals surface area (Å²) >= 11 is 0. The number of benzene rings is 2. The highest BCUT2D eigenvalue weighted by Gasteiger charge is 2.29. The maximum Gasteiger partial charge on any atom is 0.129 e. The van der Waals surface area contributed by atoms with Gasteiger partial charge in [0.05, 0.1) is 18.8 Å². The molecule has 0 aliphatic carbocycles. The molecule has 0 N–H and O–H groups in total. The lowest BCUT2D eigenvalue weighted by Crippen LogP contribution is -2.40. The molecule has 0 saturated carbocycles. The van der Waals surface area contributed by atoms with Gasteiger partial charge in [-0.1, -0.05) is 48.5 Å². The molecule has 112 valence electrons. The molecule has 1 heterocycles. The molecule has 3 nitrogen and oxygen atoms in total. The molecule has 3 rings (SSSR count). The SMILES string of the molecule is N#C[C@@H](c1ccccc1F)N1CCO[C@H](c2ccccc2)C1. The van der Waals surface area contributed by atoms with Crippen LogP contribution in [-0.2, 0) is 4.74 Å². The van der Waals surface area contributed by atoms with Crippen LogP contribution in [0.25, 0.3) is 0 Å². The molecule has 0 amide bonds. The Bertz CT molecular complexity index is 668. The van der Waals surface area contributed by atoms with Crippen molar-refractivity contribution in [2.24, 2.45) is 0 Å². The fraction of sp³-hybridized carbons (Fsp3) is 0.278. The van der Waals surface area contributed by atoms with Gasteiger partial charge in [-0.15, -0.1) is 0 Å². The Labute approximate surface area is 129 Å². The summed E-state index contributed by atoms with van der Waals surface area (Å²) in [5.41, 5.74) is 1.51. The van der Waals surface area contributed by atoms with E-state index in [4.69, 9.17) is 4.74 Å². The van der Waals surface area contributed by atoms with Gasteiger partial charge in [0.2, 0.25) is 0 Å². The van der Waals surface area contributed by atoms with Gasteiger partial charge in [0.25, 0.3) is 0 Å². The standard InChI is InChI=1S/C18H17FN2O/c19-16-9-5-4-8-15(16)17(12-20)21-10-11-22-18(13-21)14-6-2-1-3-7-14/h1-9,17-18H,10-11,13H2/t17-,18-/m0/s1. The number of morpholine rings is 1. The van der Waals surface area contributed by atoms with Gasteiger partial charge < -0.3 is 4.74 Å². The molecular weight excluding hydrogens is 279 g/mol. The maximum atomic E-state index is 14.0. The van der Waals surface area contributed by atoms with Crippen LogP contribution in [0.5, 0.6) is 0 Å². The van der Waals surface area contributed by atoms with Crippen LogP contribution >= 0.6 is 0 Å². The van der Waals surface area contributed by atoms with Crippen LogP contribution in [0.1, 0.15) is 23.3 Å². The molecule has 0 bridgehead atoms. The Kier molecular flexibility index (Phi) is 4.47. The Balaban J connectivity index is 1.82. The molecule has 22 heavy (non-hydrogen) atoms. The summed E-state index contributed by atoms with van der Waals surface area (Å²) < 4.78 is 19.8. The third-order valence-electron chi connectivity index (χ3n) is 3.96. The van der Waals surface area contributed by atoms with Gasteiger partial charge in [0.15, 0.2) is 0 Å². The third-order valence-corrected chi connectivity index (χ3v) is 3.96. The van der Waals surface area contributed by atoms with Crippen LogP contribution in [0.2, 0.25) is 0 Å². The number of hydrogen-bond acceptors (Lipinski definition) is 3. The molecule has 2 aromatic carbocycles. The van der Waals surface area contributed by atoms with E-state index in [0.29, 0.717) is 25.3 Å². The molecule has 0 radical (unpaired) electrons. The second-order valence-corrected chi connectivity index (χ2v) is 5.32. The summed E-state index contributed by atoms with van der Waals surface area (Å²) in [5, 5.41) is 9.51. The summed E-state index contributed by atoms with van der Waals surface area (Å²) in [4.78, 5) is 1.99. The monoisotopic (exact) mass is 296 g/mol. The lowest BCUT2D eigenvalue weighted by molar-refractivity contribution is -0.0387. The summed E-state index contributed by atoms with van der Waals surface area (Å²) in [6.07, 6.45) is -0.0856. The summed E-state index contributed by atoms with van der Waals surface area (Å²) in [6, 6.07) is 18.0. The summed E-state index contributed by atoms with van der Waals surface area (Å²) in [6.45, 7) is 1.73. The van der Waals surface area contributed by atoms with Crippen LogP contribution in [0, 0.1) is 17.1 Å². The highest BCUT2D eigenvalue weighted by atomic mass is 19.1. The van der Waals surface area contributed by atoms with Gasteiger partial charge in [0.1, 0.15) is 11.9 Å². The smallest absolute Gasteiger partial charge is 0.129 e. The molecule has 1 aliphatic heterocycles. The average molecular weight is 296 g/mol. The average Bonchev–Trinajstić information content (AvgIpc) is 2.58. The minimum absolute atomic E-state index is 0.0856. The predicted molar refractivity (Wildman–Crippen MR) is 81.5 cm³/mol. The van der Waals surface area contributed by atoms with Crippen LogP contribution in [0.3, 0.4) is 0 Å². The van der Waals surface area contributed by atoms with Gasteiger partial charge in [-0.05, 0) is 11.6 Å². The van der Waals surface area contributed by atoms with Gasteiger partial charge in [-0.2, -0.15) is 5.26 Å². The van der Waals surface area contributed by atoms with Crippen molar-refractivity contribution in [1.82, 2.24) is 4.90 Å². The van der Waals surface area contributed by atoms with Crippen molar-refractivity contribution in [3.05, 3.63) is 71.5 Å². The van der Waals surface area contributed by atoms with Crippen LogP contribution in [-0.4, -0.2) is 24.6 Å². The van der Waals surface area contributed by atoms with E-state index < -0.39 is 6.04 Å². The van der Waals surface area contributed by atoms with Gasteiger partial charge in [-0.25, -0.2) is 4.39 Å². The van der Waals surface area contributed by atoms with Gasteiger partial charge in [-0.3, -0.25) is 4.90 Å².